The Morgan fingerprint density at radius 2 is 2.23 bits per heavy atom. The number of furan rings is 1. The van der Waals surface area contributed by atoms with Crippen LogP contribution >= 0.6 is 0 Å². The molecule has 1 saturated heterocycles. The Morgan fingerprint density at radius 3 is 3.06 bits per heavy atom. The number of nitrogens with one attached hydrogen (secondary N) is 3. The number of rotatable bonds is 7. The zero-order valence-electron chi connectivity index (χ0n) is 19.0. The van der Waals surface area contributed by atoms with Gasteiger partial charge in [0, 0.05) is 42.0 Å². The van der Waals surface area contributed by atoms with Gasteiger partial charge in [-0.25, -0.2) is 4.98 Å². The molecule has 1 aliphatic rings. The number of amides is 1. The van der Waals surface area contributed by atoms with Gasteiger partial charge in [-0.15, -0.1) is 10.2 Å². The average molecular weight is 476 g/mol. The van der Waals surface area contributed by atoms with Gasteiger partial charge in [-0.2, -0.15) is 5.21 Å². The normalized spacial score (nSPS) is 15.7. The number of hydrogen-bond donors (Lipinski definition) is 3. The molecule has 4 heterocycles. The molecular formula is C23H24N8O4. The molecule has 0 aliphatic carbocycles. The van der Waals surface area contributed by atoms with Crippen molar-refractivity contribution >= 4 is 11.9 Å². The molecular weight excluding hydrogens is 452 g/mol. The zero-order valence-corrected chi connectivity index (χ0v) is 19.0. The Bertz CT molecular complexity index is 1360. The Kier molecular flexibility index (Phi) is 6.24. The fraction of sp³-hybridized carbons (Fsp3) is 0.304. The number of carbonyl (C=O) groups is 1. The lowest BCUT2D eigenvalue weighted by molar-refractivity contribution is 0.0901. The molecule has 3 aromatic heterocycles. The van der Waals surface area contributed by atoms with Gasteiger partial charge in [0.15, 0.2) is 5.76 Å². The first kappa shape index (κ1) is 22.3. The minimum Gasteiger partial charge on any atom is -0.489 e. The molecule has 0 saturated carbocycles. The Hall–Kier alpha value is -4.48. The van der Waals surface area contributed by atoms with Crippen molar-refractivity contribution in [3.05, 3.63) is 70.0 Å². The summed E-state index contributed by atoms with van der Waals surface area (Å²) in [5, 5.41) is 17.0. The minimum atomic E-state index is -0.313. The molecule has 5 rings (SSSR count). The Balaban J connectivity index is 1.22. The van der Waals surface area contributed by atoms with Crippen LogP contribution in [0, 0.1) is 6.92 Å². The quantitative estimate of drug-likeness (QED) is 0.362. The molecule has 4 aromatic rings. The van der Waals surface area contributed by atoms with Gasteiger partial charge >= 0.3 is 0 Å². The molecule has 0 bridgehead atoms. The standard InChI is InChI=1S/C23H24N8O4/c1-14-10-19(32)26-23(24-14)31-8-3-5-17(12-31)25-22(33)20-16(7-9-34-20)13-35-18-6-2-4-15(11-18)21-27-29-30-28-21/h2,4,6-7,9-11,17H,3,5,8,12-13H2,1H3,(H,25,33)(H,24,26,32)(H,27,28,29,30). The molecule has 35 heavy (non-hydrogen) atoms. The van der Waals surface area contributed by atoms with Gasteiger partial charge in [0.1, 0.15) is 12.4 Å². The van der Waals surface area contributed by atoms with Crippen LogP contribution in [0.1, 0.15) is 34.7 Å². The van der Waals surface area contributed by atoms with E-state index in [0.717, 1.165) is 24.9 Å². The third-order valence-corrected chi connectivity index (χ3v) is 5.70. The van der Waals surface area contributed by atoms with Crippen LogP contribution in [0.5, 0.6) is 5.75 Å². The molecule has 3 N–H and O–H groups in total. The molecule has 1 fully saturated rings. The van der Waals surface area contributed by atoms with Crippen LogP contribution in [0.3, 0.4) is 0 Å². The number of piperidine rings is 1. The van der Waals surface area contributed by atoms with E-state index in [2.05, 4.69) is 35.9 Å². The van der Waals surface area contributed by atoms with E-state index >= 15 is 0 Å². The van der Waals surface area contributed by atoms with Crippen molar-refractivity contribution < 1.29 is 13.9 Å². The average Bonchev–Trinajstić information content (AvgIpc) is 3.55. The SMILES string of the molecule is Cc1cc(=O)[nH]c(N2CCCC(NC(=O)c3occc3COc3cccc(-c4nn[nH]n4)c3)C2)n1. The van der Waals surface area contributed by atoms with E-state index in [9.17, 15) is 9.59 Å². The second kappa shape index (κ2) is 9.79. The molecule has 1 atom stereocenters. The van der Waals surface area contributed by atoms with Crippen molar-refractivity contribution in [1.29, 1.82) is 0 Å². The van der Waals surface area contributed by atoms with E-state index in [1.54, 1.807) is 19.1 Å². The highest BCUT2D eigenvalue weighted by Gasteiger charge is 2.25. The number of aromatic amines is 2. The second-order valence-electron chi connectivity index (χ2n) is 8.30. The predicted octanol–water partition coefficient (Wildman–Crippen LogP) is 1.83. The maximum atomic E-state index is 13.0. The lowest BCUT2D eigenvalue weighted by Crippen LogP contribution is -2.48. The van der Waals surface area contributed by atoms with E-state index in [1.165, 1.54) is 12.3 Å². The summed E-state index contributed by atoms with van der Waals surface area (Å²) >= 11 is 0. The highest BCUT2D eigenvalue weighted by molar-refractivity contribution is 5.93. The molecule has 1 aliphatic heterocycles. The van der Waals surface area contributed by atoms with Crippen LogP contribution in [0.15, 0.2) is 51.9 Å². The van der Waals surface area contributed by atoms with Crippen LogP contribution in [-0.4, -0.2) is 55.6 Å². The summed E-state index contributed by atoms with van der Waals surface area (Å²) in [5.74, 6) is 1.47. The monoisotopic (exact) mass is 476 g/mol. The Morgan fingerprint density at radius 1 is 1.31 bits per heavy atom. The van der Waals surface area contributed by atoms with E-state index in [1.807, 2.05) is 23.1 Å². The van der Waals surface area contributed by atoms with Gasteiger partial charge in [0.2, 0.25) is 11.8 Å². The maximum Gasteiger partial charge on any atom is 0.287 e. The van der Waals surface area contributed by atoms with Crippen LogP contribution in [0.4, 0.5) is 5.95 Å². The van der Waals surface area contributed by atoms with Crippen LogP contribution in [0.25, 0.3) is 11.4 Å². The summed E-state index contributed by atoms with van der Waals surface area (Å²) in [6, 6.07) is 10.3. The molecule has 12 heteroatoms. The first-order chi connectivity index (χ1) is 17.0. The van der Waals surface area contributed by atoms with Gasteiger partial charge in [0.05, 0.1) is 6.26 Å². The summed E-state index contributed by atoms with van der Waals surface area (Å²) in [6.07, 6.45) is 3.14. The van der Waals surface area contributed by atoms with Crippen molar-refractivity contribution in [1.82, 2.24) is 35.9 Å². The highest BCUT2D eigenvalue weighted by atomic mass is 16.5. The topological polar surface area (TPSA) is 155 Å². The number of nitrogens with zero attached hydrogens (tertiary/aromatic N) is 5. The first-order valence-electron chi connectivity index (χ1n) is 11.2. The molecule has 1 aromatic carbocycles. The van der Waals surface area contributed by atoms with Crippen molar-refractivity contribution in [2.45, 2.75) is 32.4 Å². The number of carbonyl (C=O) groups excluding carboxylic acids is 1. The third kappa shape index (κ3) is 5.21. The van der Waals surface area contributed by atoms with E-state index in [0.29, 0.717) is 35.3 Å². The number of hydrogen-bond acceptors (Lipinski definition) is 9. The molecule has 0 spiro atoms. The van der Waals surface area contributed by atoms with Gasteiger partial charge in [-0.05, 0) is 43.2 Å². The zero-order chi connectivity index (χ0) is 24.2. The van der Waals surface area contributed by atoms with Gasteiger partial charge < -0.3 is 19.4 Å². The van der Waals surface area contributed by atoms with E-state index in [-0.39, 0.29) is 29.9 Å². The van der Waals surface area contributed by atoms with Gasteiger partial charge in [-0.1, -0.05) is 12.1 Å². The number of aryl methyl sites for hydroxylation is 1. The Labute approximate surface area is 199 Å². The lowest BCUT2D eigenvalue weighted by Gasteiger charge is -2.33. The fourth-order valence-corrected chi connectivity index (χ4v) is 4.07. The smallest absolute Gasteiger partial charge is 0.287 e. The molecule has 0 radical (unpaired) electrons. The predicted molar refractivity (Wildman–Crippen MR) is 125 cm³/mol. The summed E-state index contributed by atoms with van der Waals surface area (Å²) in [6.45, 7) is 3.22. The van der Waals surface area contributed by atoms with E-state index in [4.69, 9.17) is 9.15 Å². The van der Waals surface area contributed by atoms with Crippen molar-refractivity contribution in [3.63, 3.8) is 0 Å². The molecule has 1 amide bonds. The largest absolute Gasteiger partial charge is 0.489 e. The second-order valence-corrected chi connectivity index (χ2v) is 8.30. The lowest BCUT2D eigenvalue weighted by atomic mass is 10.1. The van der Waals surface area contributed by atoms with Crippen LogP contribution < -0.4 is 20.5 Å². The molecule has 180 valence electrons. The highest BCUT2D eigenvalue weighted by Crippen LogP contribution is 2.22. The van der Waals surface area contributed by atoms with Crippen LogP contribution in [0.2, 0.25) is 0 Å². The molecule has 1 unspecified atom stereocenters. The van der Waals surface area contributed by atoms with Crippen molar-refractivity contribution in [2.75, 3.05) is 18.0 Å². The summed E-state index contributed by atoms with van der Waals surface area (Å²) in [5.41, 5.74) is 1.84. The number of anilines is 1. The summed E-state index contributed by atoms with van der Waals surface area (Å²) < 4.78 is 11.4. The van der Waals surface area contributed by atoms with Crippen molar-refractivity contribution in [2.24, 2.45) is 0 Å². The summed E-state index contributed by atoms with van der Waals surface area (Å²) in [7, 11) is 0. The van der Waals surface area contributed by atoms with Crippen LogP contribution in [-0.2, 0) is 6.61 Å². The maximum absolute atomic E-state index is 13.0. The van der Waals surface area contributed by atoms with Gasteiger partial charge in [0.25, 0.3) is 11.5 Å². The summed E-state index contributed by atoms with van der Waals surface area (Å²) in [4.78, 5) is 34.0. The number of benzene rings is 1. The van der Waals surface area contributed by atoms with Gasteiger partial charge in [-0.3, -0.25) is 14.6 Å². The number of aromatic nitrogens is 6. The fourth-order valence-electron chi connectivity index (χ4n) is 4.07. The minimum absolute atomic E-state index is 0.118. The van der Waals surface area contributed by atoms with E-state index < -0.39 is 0 Å². The van der Waals surface area contributed by atoms with Crippen molar-refractivity contribution in [3.8, 4) is 17.1 Å². The number of ether oxygens (including phenoxy) is 1. The number of tetrazole rings is 1. The number of H-pyrrole nitrogens is 2. The first-order valence-corrected chi connectivity index (χ1v) is 11.2. The third-order valence-electron chi connectivity index (χ3n) is 5.70. The molecule has 12 nitrogen and oxygen atoms in total.